The van der Waals surface area contributed by atoms with E-state index in [-0.39, 0.29) is 0 Å². The van der Waals surface area contributed by atoms with Crippen molar-refractivity contribution in [2.45, 2.75) is 0 Å². The van der Waals surface area contributed by atoms with Gasteiger partial charge < -0.3 is 4.42 Å². The zero-order chi connectivity index (χ0) is 35.1. The van der Waals surface area contributed by atoms with Gasteiger partial charge in [-0.25, -0.2) is 19.9 Å². The van der Waals surface area contributed by atoms with E-state index in [1.165, 1.54) is 0 Å². The summed E-state index contributed by atoms with van der Waals surface area (Å²) in [5.74, 6) is 2.28. The highest BCUT2D eigenvalue weighted by Gasteiger charge is 2.15. The Balaban J connectivity index is 1.05. The number of oxazole rings is 1. The van der Waals surface area contributed by atoms with Crippen LogP contribution in [0.15, 0.2) is 175 Å². The Kier molecular flexibility index (Phi) is 7.32. The number of rotatable bonds is 6. The molecule has 53 heavy (non-hydrogen) atoms. The topological polar surface area (TPSA) is 90.5 Å². The zero-order valence-electron chi connectivity index (χ0n) is 28.3. The fraction of sp³-hybridized carbons (Fsp3) is 0. The molecule has 0 atom stereocenters. The van der Waals surface area contributed by atoms with E-state index in [1.807, 2.05) is 122 Å². The predicted molar refractivity (Wildman–Crippen MR) is 211 cm³/mol. The molecule has 248 valence electrons. The highest BCUT2D eigenvalue weighted by atomic mass is 16.3. The smallest absolute Gasteiger partial charge is 0.227 e. The van der Waals surface area contributed by atoms with Crippen LogP contribution >= 0.6 is 0 Å². The van der Waals surface area contributed by atoms with E-state index in [0.717, 1.165) is 77.4 Å². The number of hydrogen-bond donors (Lipinski definition) is 0. The Labute approximate surface area is 304 Å². The Morgan fingerprint density at radius 2 is 0.755 bits per heavy atom. The van der Waals surface area contributed by atoms with E-state index in [0.29, 0.717) is 23.4 Å². The zero-order valence-corrected chi connectivity index (χ0v) is 28.3. The summed E-state index contributed by atoms with van der Waals surface area (Å²) in [6.45, 7) is 0. The molecular weight excluding hydrogens is 653 g/mol. The van der Waals surface area contributed by atoms with Gasteiger partial charge in [-0.3, -0.25) is 9.97 Å². The fourth-order valence-electron chi connectivity index (χ4n) is 6.77. The summed E-state index contributed by atoms with van der Waals surface area (Å²) in [6.07, 6.45) is 3.71. The van der Waals surface area contributed by atoms with E-state index in [9.17, 15) is 0 Å². The molecule has 7 heteroatoms. The second-order valence-corrected chi connectivity index (χ2v) is 12.8. The van der Waals surface area contributed by atoms with Crippen LogP contribution in [0.2, 0.25) is 0 Å². The summed E-state index contributed by atoms with van der Waals surface area (Å²) in [4.78, 5) is 29.1. The van der Waals surface area contributed by atoms with Gasteiger partial charge in [0.15, 0.2) is 23.1 Å². The summed E-state index contributed by atoms with van der Waals surface area (Å²) in [5, 5.41) is 4.52. The molecule has 0 N–H and O–H groups in total. The summed E-state index contributed by atoms with van der Waals surface area (Å²) >= 11 is 0. The lowest BCUT2D eigenvalue weighted by Crippen LogP contribution is -2.00. The molecule has 4 heterocycles. The van der Waals surface area contributed by atoms with Crippen LogP contribution in [0.25, 0.3) is 101 Å². The Hall–Kier alpha value is -7.38. The number of nitrogens with zero attached hydrogens (tertiary/aromatic N) is 6. The average Bonchev–Trinajstić information content (AvgIpc) is 3.68. The van der Waals surface area contributed by atoms with Crippen molar-refractivity contribution >= 4 is 32.6 Å². The van der Waals surface area contributed by atoms with E-state index >= 15 is 0 Å². The normalized spacial score (nSPS) is 11.4. The molecule has 0 unspecified atom stereocenters. The average molecular weight is 681 g/mol. The number of aromatic nitrogens is 6. The summed E-state index contributed by atoms with van der Waals surface area (Å²) in [5.41, 5.74) is 8.96. The number of benzene rings is 6. The van der Waals surface area contributed by atoms with E-state index in [2.05, 4.69) is 53.5 Å². The highest BCUT2D eigenvalue weighted by molar-refractivity contribution is 5.95. The molecule has 0 aliphatic rings. The highest BCUT2D eigenvalue weighted by Crippen LogP contribution is 2.32. The van der Waals surface area contributed by atoms with Gasteiger partial charge in [-0.1, -0.05) is 121 Å². The molecule has 0 aliphatic carbocycles. The minimum Gasteiger partial charge on any atom is -0.436 e. The monoisotopic (exact) mass is 680 g/mol. The third kappa shape index (κ3) is 5.66. The molecule has 0 aliphatic heterocycles. The van der Waals surface area contributed by atoms with E-state index in [4.69, 9.17) is 29.3 Å². The van der Waals surface area contributed by atoms with Crippen molar-refractivity contribution in [2.24, 2.45) is 0 Å². The minimum atomic E-state index is 0.564. The van der Waals surface area contributed by atoms with Gasteiger partial charge in [-0.15, -0.1) is 0 Å². The SMILES string of the molecule is c1ccc2c(-c3ccc(-c4nc(-c5ccc(-c6nc7ccccc7o6)cc5)nc(-c5ccc(-c6nccc7ccccc67)cc5)n4)cc3)nccc2c1. The lowest BCUT2D eigenvalue weighted by atomic mass is 10.0. The molecule has 0 spiro atoms. The van der Waals surface area contributed by atoms with Crippen LogP contribution in [0.1, 0.15) is 0 Å². The van der Waals surface area contributed by atoms with Crippen LogP contribution in [-0.2, 0) is 0 Å². The first-order chi connectivity index (χ1) is 26.2. The maximum Gasteiger partial charge on any atom is 0.227 e. The van der Waals surface area contributed by atoms with Crippen molar-refractivity contribution in [3.05, 3.63) is 170 Å². The molecule has 10 rings (SSSR count). The van der Waals surface area contributed by atoms with E-state index < -0.39 is 0 Å². The summed E-state index contributed by atoms with van der Waals surface area (Å²) < 4.78 is 6.02. The molecule has 4 aromatic heterocycles. The van der Waals surface area contributed by atoms with Gasteiger partial charge in [-0.2, -0.15) is 0 Å². The fourth-order valence-corrected chi connectivity index (χ4v) is 6.77. The van der Waals surface area contributed by atoms with Gasteiger partial charge in [-0.05, 0) is 47.2 Å². The maximum atomic E-state index is 6.02. The molecule has 0 saturated carbocycles. The van der Waals surface area contributed by atoms with Gasteiger partial charge in [0, 0.05) is 56.5 Å². The van der Waals surface area contributed by atoms with Crippen molar-refractivity contribution in [1.82, 2.24) is 29.9 Å². The lowest BCUT2D eigenvalue weighted by Gasteiger charge is -2.11. The van der Waals surface area contributed by atoms with Crippen LogP contribution in [0.5, 0.6) is 0 Å². The summed E-state index contributed by atoms with van der Waals surface area (Å²) in [6, 6.07) is 52.9. The molecule has 7 nitrogen and oxygen atoms in total. The van der Waals surface area contributed by atoms with Gasteiger partial charge in [0.25, 0.3) is 0 Å². The van der Waals surface area contributed by atoms with Crippen LogP contribution in [0.4, 0.5) is 0 Å². The Bertz CT molecular complexity index is 2750. The van der Waals surface area contributed by atoms with Crippen molar-refractivity contribution in [3.63, 3.8) is 0 Å². The first-order valence-corrected chi connectivity index (χ1v) is 17.4. The van der Waals surface area contributed by atoms with Crippen LogP contribution in [-0.4, -0.2) is 29.9 Å². The standard InChI is InChI=1S/C46H28N6O/c1-3-9-37-29(7-1)25-27-47-41(37)31-13-17-33(18-14-31)43-50-44(34-19-15-32(16-20-34)42-38-10-4-2-8-30(38)26-28-48-42)52-45(51-43)35-21-23-36(24-22-35)46-49-39-11-5-6-12-40(39)53-46/h1-28H. The molecule has 0 amide bonds. The lowest BCUT2D eigenvalue weighted by molar-refractivity contribution is 0.620. The molecule has 0 bridgehead atoms. The molecule has 6 aromatic carbocycles. The third-order valence-electron chi connectivity index (χ3n) is 9.50. The molecular formula is C46H28N6O. The number of pyridine rings is 2. The van der Waals surface area contributed by atoms with Gasteiger partial charge >= 0.3 is 0 Å². The van der Waals surface area contributed by atoms with E-state index in [1.54, 1.807) is 0 Å². The van der Waals surface area contributed by atoms with Gasteiger partial charge in [0.2, 0.25) is 5.89 Å². The van der Waals surface area contributed by atoms with Gasteiger partial charge in [0.05, 0.1) is 11.4 Å². The Morgan fingerprint density at radius 3 is 1.25 bits per heavy atom. The van der Waals surface area contributed by atoms with Crippen LogP contribution < -0.4 is 0 Å². The third-order valence-corrected chi connectivity index (χ3v) is 9.50. The maximum absolute atomic E-state index is 6.02. The van der Waals surface area contributed by atoms with Crippen molar-refractivity contribution in [3.8, 4) is 68.1 Å². The number of para-hydroxylation sites is 2. The number of hydrogen-bond acceptors (Lipinski definition) is 7. The second-order valence-electron chi connectivity index (χ2n) is 12.8. The molecule has 0 saturated heterocycles. The first-order valence-electron chi connectivity index (χ1n) is 17.4. The first kappa shape index (κ1) is 30.4. The quantitative estimate of drug-likeness (QED) is 0.173. The molecule has 0 fully saturated rings. The number of fused-ring (bicyclic) bond motifs is 3. The van der Waals surface area contributed by atoms with Gasteiger partial charge in [0.1, 0.15) is 5.52 Å². The second kappa shape index (κ2) is 12.7. The van der Waals surface area contributed by atoms with Crippen molar-refractivity contribution in [2.75, 3.05) is 0 Å². The summed E-state index contributed by atoms with van der Waals surface area (Å²) in [7, 11) is 0. The largest absolute Gasteiger partial charge is 0.436 e. The molecule has 10 aromatic rings. The predicted octanol–water partition coefficient (Wildman–Crippen LogP) is 11.1. The van der Waals surface area contributed by atoms with Crippen LogP contribution in [0, 0.1) is 0 Å². The van der Waals surface area contributed by atoms with Crippen molar-refractivity contribution in [1.29, 1.82) is 0 Å². The Morgan fingerprint density at radius 1 is 0.340 bits per heavy atom. The van der Waals surface area contributed by atoms with Crippen LogP contribution in [0.3, 0.4) is 0 Å². The van der Waals surface area contributed by atoms with Crippen molar-refractivity contribution < 1.29 is 4.42 Å². The molecule has 0 radical (unpaired) electrons. The minimum absolute atomic E-state index is 0.564.